The Bertz CT molecular complexity index is 276. The number of rotatable bonds is 0. The molecule has 0 aliphatic heterocycles. The van der Waals surface area contributed by atoms with Crippen LogP contribution in [0.3, 0.4) is 0 Å². The van der Waals surface area contributed by atoms with Crippen LogP contribution in [0.15, 0.2) is 0 Å². The molecule has 0 fully saturated rings. The molecule has 0 aliphatic carbocycles. The Labute approximate surface area is 98.1 Å². The zero-order valence-electron chi connectivity index (χ0n) is 8.00. The lowest BCUT2D eigenvalue weighted by molar-refractivity contribution is -0.214. The summed E-state index contributed by atoms with van der Waals surface area (Å²) in [5.41, 5.74) is 11.0. The van der Waals surface area contributed by atoms with Crippen LogP contribution in [0.25, 0.3) is 0 Å². The van der Waals surface area contributed by atoms with Gasteiger partial charge in [-0.15, -0.1) is 0 Å². The second-order valence-corrected chi connectivity index (χ2v) is 4.66. The average Bonchev–Trinajstić information content (AvgIpc) is 1.71. The van der Waals surface area contributed by atoms with Crippen molar-refractivity contribution < 1.29 is 57.7 Å². The fraction of sp³-hybridized carbons (Fsp3) is 0. The van der Waals surface area contributed by atoms with Gasteiger partial charge in [0.2, 0.25) is 4.91 Å². The molecule has 0 saturated heterocycles. The minimum absolute atomic E-state index is 2.00. The first-order valence-corrected chi connectivity index (χ1v) is 7.44. The molecule has 0 spiro atoms. The number of hydrogen-bond donors (Lipinski definition) is 10. The molecule has 0 aromatic rings. The van der Waals surface area contributed by atoms with Crippen molar-refractivity contribution in [2.75, 3.05) is 0 Å². The monoisotopic (exact) mass is 337 g/mol. The van der Waals surface area contributed by atoms with Gasteiger partial charge in [0.05, 0.1) is 0 Å². The van der Waals surface area contributed by atoms with Crippen molar-refractivity contribution in [1.29, 1.82) is 11.1 Å². The molecule has 0 amide bonds. The molecule has 0 heterocycles. The van der Waals surface area contributed by atoms with Gasteiger partial charge in [0.25, 0.3) is 7.82 Å². The topological polar surface area (TPSA) is 298 Å². The van der Waals surface area contributed by atoms with Gasteiger partial charge in [-0.1, -0.05) is 0 Å². The molecule has 18 heavy (non-hydrogen) atoms. The highest BCUT2D eigenvalue weighted by molar-refractivity contribution is 7.45. The minimum Gasteiger partial charge on any atom is -0.756 e. The van der Waals surface area contributed by atoms with Crippen LogP contribution < -0.4 is 9.81 Å². The maximum atomic E-state index is 8.88. The van der Waals surface area contributed by atoms with E-state index in [9.17, 15) is 0 Å². The molecular weight excluding hydrogens is 327 g/mol. The lowest BCUT2D eigenvalue weighted by Gasteiger charge is -2.01. The van der Waals surface area contributed by atoms with E-state index < -0.39 is 23.5 Å². The van der Waals surface area contributed by atoms with Crippen LogP contribution in [0.1, 0.15) is 0 Å². The second-order valence-electron chi connectivity index (χ2n) is 1.63. The number of nitrogens with zero attached hydrogens (tertiary/aromatic N) is 1. The summed E-state index contributed by atoms with van der Waals surface area (Å²) >= 11 is 0. The Hall–Kier alpha value is -0.360. The number of nitrogens with one attached hydrogen (secondary N) is 2. The van der Waals surface area contributed by atoms with Crippen molar-refractivity contribution >= 4 is 23.5 Å². The van der Waals surface area contributed by atoms with Crippen LogP contribution in [-0.4, -0.2) is 39.1 Å². The van der Waals surface area contributed by atoms with E-state index in [0.717, 1.165) is 0 Å². The molecule has 0 unspecified atom stereocenters. The van der Waals surface area contributed by atoms with E-state index in [1.54, 1.807) is 0 Å². The summed E-state index contributed by atoms with van der Waals surface area (Å²) in [7, 11) is -14.2. The number of phosphoric acid groups is 3. The lowest BCUT2D eigenvalue weighted by Crippen LogP contribution is -1.94. The number of hydrogen-bond acceptors (Lipinski definition) is 6. The van der Waals surface area contributed by atoms with Crippen LogP contribution in [0.4, 0.5) is 0 Å². The van der Waals surface area contributed by atoms with E-state index in [0.29, 0.717) is 0 Å². The van der Waals surface area contributed by atoms with E-state index in [-0.39, 0.29) is 0 Å². The fourth-order valence-corrected chi connectivity index (χ4v) is 0. The van der Waals surface area contributed by atoms with Gasteiger partial charge in [0.15, 0.2) is 0 Å². The molecule has 0 bridgehead atoms. The molecule has 0 aromatic heterocycles. The summed E-state index contributed by atoms with van der Waals surface area (Å²) in [6, 6.07) is 0. The minimum atomic E-state index is -4.89. The molecule has 0 rings (SSSR count). The molecule has 0 saturated carbocycles. The smallest absolute Gasteiger partial charge is 0.466 e. The van der Waals surface area contributed by atoms with Gasteiger partial charge in [-0.05, 0) is 0 Å². The van der Waals surface area contributed by atoms with Crippen molar-refractivity contribution in [2.45, 2.75) is 0 Å². The van der Waals surface area contributed by atoms with Gasteiger partial charge in [-0.2, -0.15) is 0 Å². The first kappa shape index (κ1) is 26.3. The van der Waals surface area contributed by atoms with E-state index in [2.05, 4.69) is 0 Å². The van der Waals surface area contributed by atoms with Crippen molar-refractivity contribution in [3.05, 3.63) is 0 Å². The Morgan fingerprint density at radius 3 is 0.722 bits per heavy atom. The maximum absolute atomic E-state index is 8.88. The van der Waals surface area contributed by atoms with Crippen molar-refractivity contribution in [2.24, 2.45) is 0 Å². The third-order valence-corrected chi connectivity index (χ3v) is 0. The van der Waals surface area contributed by atoms with Gasteiger partial charge < -0.3 is 44.0 Å². The normalized spacial score (nSPS) is 10.3. The van der Waals surface area contributed by atoms with Gasteiger partial charge in [-0.25, -0.2) is 9.13 Å². The molecule has 0 aromatic carbocycles. The standard InChI is InChI=1S/H2N3.3H3O4P/c1-3-2;3*1-5(2,3)4/h1-2H;3*(H3,1,2,3,4)/q+1;;;/p-1. The third kappa shape index (κ3) is 25900. The molecular formula is H10N3O12P3. The maximum Gasteiger partial charge on any atom is 0.466 e. The van der Waals surface area contributed by atoms with E-state index >= 15 is 0 Å². The second kappa shape index (κ2) is 11.7. The van der Waals surface area contributed by atoms with Gasteiger partial charge in [0, 0.05) is 0 Å². The first-order chi connectivity index (χ1) is 7.41. The predicted molar refractivity (Wildman–Crippen MR) is 48.1 cm³/mol. The lowest BCUT2D eigenvalue weighted by atomic mass is 13.0. The molecule has 10 N–H and O–H groups in total. The van der Waals surface area contributed by atoms with Crippen molar-refractivity contribution in [1.82, 2.24) is 4.91 Å². The highest BCUT2D eigenvalue weighted by atomic mass is 31.2. The molecule has 0 aliphatic rings. The zero-order chi connectivity index (χ0) is 16.2. The summed E-state index contributed by atoms with van der Waals surface area (Å²) in [6.07, 6.45) is 0. The fourth-order valence-electron chi connectivity index (χ4n) is 0. The van der Waals surface area contributed by atoms with E-state index in [1.165, 1.54) is 0 Å². The van der Waals surface area contributed by atoms with Crippen LogP contribution in [0.5, 0.6) is 0 Å². The van der Waals surface area contributed by atoms with Crippen LogP contribution in [-0.2, 0) is 13.7 Å². The molecule has 0 atom stereocenters. The zero-order valence-corrected chi connectivity index (χ0v) is 10.7. The summed E-state index contributed by atoms with van der Waals surface area (Å²) in [5.74, 6) is 0. The Balaban J connectivity index is -0.0000000739. The quantitative estimate of drug-likeness (QED) is 0.118. The van der Waals surface area contributed by atoms with Crippen LogP contribution >= 0.6 is 23.5 Å². The third-order valence-electron chi connectivity index (χ3n) is 0. The summed E-state index contributed by atoms with van der Waals surface area (Å²) in [5, 5.41) is 0. The summed E-state index contributed by atoms with van der Waals surface area (Å²) in [4.78, 5) is 68.0. The van der Waals surface area contributed by atoms with Gasteiger partial charge in [0.1, 0.15) is 11.1 Å². The molecule has 18 heteroatoms. The van der Waals surface area contributed by atoms with Crippen LogP contribution in [0, 0.1) is 11.1 Å². The first-order valence-electron chi connectivity index (χ1n) is 2.78. The van der Waals surface area contributed by atoms with Crippen LogP contribution in [0.2, 0.25) is 0 Å². The SMILES string of the molecule is N=[N+]=N.O=P(O)(O)O.O=P(O)(O)O.O=P([O-])(O)O. The molecule has 112 valence electrons. The van der Waals surface area contributed by atoms with Gasteiger partial charge in [-0.3, -0.25) is 4.57 Å². The Kier molecular flexibility index (Phi) is 17.1. The summed E-state index contributed by atoms with van der Waals surface area (Å²) in [6.45, 7) is 0. The highest BCUT2D eigenvalue weighted by Gasteiger charge is 2.00. The predicted octanol–water partition coefficient (Wildman–Crippen LogP) is -3.30. The average molecular weight is 337 g/mol. The van der Waals surface area contributed by atoms with Crippen molar-refractivity contribution in [3.63, 3.8) is 0 Å². The highest BCUT2D eigenvalue weighted by Crippen LogP contribution is 2.26. The Morgan fingerprint density at radius 2 is 0.722 bits per heavy atom. The van der Waals surface area contributed by atoms with E-state index in [4.69, 9.17) is 68.8 Å². The van der Waals surface area contributed by atoms with Gasteiger partial charge >= 0.3 is 15.6 Å². The molecule has 15 nitrogen and oxygen atoms in total. The van der Waals surface area contributed by atoms with Crippen molar-refractivity contribution in [3.8, 4) is 0 Å². The molecule has 0 radical (unpaired) electrons. The largest absolute Gasteiger partial charge is 0.756 e. The van der Waals surface area contributed by atoms with E-state index in [1.807, 2.05) is 4.91 Å². The Morgan fingerprint density at radius 1 is 0.722 bits per heavy atom. The summed E-state index contributed by atoms with van der Waals surface area (Å²) < 4.78 is 26.5.